The number of nitrogens with zero attached hydrogens (tertiary/aromatic N) is 2. The number of carbonyl (C=O) groups excluding carboxylic acids is 1. The third kappa shape index (κ3) is 3.91. The molecule has 0 unspecified atom stereocenters. The molecule has 7 heteroatoms. The Kier molecular flexibility index (Phi) is 5.56. The second-order valence-corrected chi connectivity index (χ2v) is 6.62. The van der Waals surface area contributed by atoms with Crippen LogP contribution in [0, 0.1) is 11.2 Å². The molecule has 1 aromatic rings. The van der Waals surface area contributed by atoms with E-state index < -0.39 is 23.3 Å². The van der Waals surface area contributed by atoms with E-state index >= 15 is 0 Å². The molecule has 1 saturated heterocycles. The number of carbonyl (C=O) groups is 2. The number of piperidine rings is 1. The zero-order chi connectivity index (χ0) is 17.9. The first-order valence-electron chi connectivity index (χ1n) is 7.83. The smallest absolute Gasteiger partial charge is 0.314 e. The van der Waals surface area contributed by atoms with Crippen molar-refractivity contribution in [3.05, 3.63) is 35.6 Å². The fourth-order valence-corrected chi connectivity index (χ4v) is 3.09. The molecule has 0 aromatic heterocycles. The van der Waals surface area contributed by atoms with Crippen LogP contribution in [0.1, 0.15) is 12.0 Å². The molecule has 1 fully saturated rings. The van der Waals surface area contributed by atoms with Gasteiger partial charge in [-0.2, -0.15) is 0 Å². The highest BCUT2D eigenvalue weighted by molar-refractivity contribution is 5.81. The number of halogens is 1. The van der Waals surface area contributed by atoms with Gasteiger partial charge in [0.05, 0.1) is 12.6 Å². The average molecular weight is 338 g/mol. The predicted octanol–water partition coefficient (Wildman–Crippen LogP) is 0.594. The Balaban J connectivity index is 2.25. The number of likely N-dealkylation sites (N-methyl/N-ethyl adjacent to an activating group) is 1. The number of carboxylic acid groups (broad SMARTS) is 1. The molecule has 0 radical (unpaired) electrons. The van der Waals surface area contributed by atoms with Crippen molar-refractivity contribution >= 4 is 11.9 Å². The monoisotopic (exact) mass is 338 g/mol. The van der Waals surface area contributed by atoms with E-state index in [0.717, 1.165) is 0 Å². The van der Waals surface area contributed by atoms with Crippen molar-refractivity contribution in [2.75, 3.05) is 33.7 Å². The largest absolute Gasteiger partial charge is 0.481 e. The highest BCUT2D eigenvalue weighted by Gasteiger charge is 2.50. The van der Waals surface area contributed by atoms with Crippen LogP contribution in [0.5, 0.6) is 0 Å². The molecule has 1 amide bonds. The summed E-state index contributed by atoms with van der Waals surface area (Å²) in [6, 6.07) is 5.53. The fraction of sp³-hybridized carbons (Fsp3) is 0.529. The van der Waals surface area contributed by atoms with Gasteiger partial charge < -0.3 is 20.0 Å². The predicted molar refractivity (Wildman–Crippen MR) is 85.9 cm³/mol. The van der Waals surface area contributed by atoms with Gasteiger partial charge in [0.1, 0.15) is 11.2 Å². The molecule has 0 spiro atoms. The van der Waals surface area contributed by atoms with Gasteiger partial charge in [-0.15, -0.1) is 0 Å². The van der Waals surface area contributed by atoms with Crippen LogP contribution in [-0.4, -0.2) is 71.7 Å². The lowest BCUT2D eigenvalue weighted by Gasteiger charge is -2.43. The lowest BCUT2D eigenvalue weighted by Crippen LogP contribution is -2.59. The number of rotatable bonds is 5. The van der Waals surface area contributed by atoms with Gasteiger partial charge in [0.25, 0.3) is 0 Å². The Morgan fingerprint density at radius 2 is 1.96 bits per heavy atom. The topological polar surface area (TPSA) is 81.1 Å². The van der Waals surface area contributed by atoms with E-state index in [9.17, 15) is 24.2 Å². The summed E-state index contributed by atoms with van der Waals surface area (Å²) in [5.41, 5.74) is -0.877. The molecule has 1 heterocycles. The summed E-state index contributed by atoms with van der Waals surface area (Å²) in [6.45, 7) is 0.447. The van der Waals surface area contributed by atoms with Crippen LogP contribution in [0.4, 0.5) is 4.39 Å². The van der Waals surface area contributed by atoms with Gasteiger partial charge in [0, 0.05) is 13.1 Å². The zero-order valence-corrected chi connectivity index (χ0v) is 13.9. The number of benzene rings is 1. The summed E-state index contributed by atoms with van der Waals surface area (Å²) < 4.78 is 13.1. The molecule has 1 aliphatic rings. The molecule has 132 valence electrons. The third-order valence-electron chi connectivity index (χ3n) is 4.45. The number of aliphatic hydroxyl groups is 1. The minimum Gasteiger partial charge on any atom is -0.481 e. The second-order valence-electron chi connectivity index (χ2n) is 6.62. The van der Waals surface area contributed by atoms with Crippen molar-refractivity contribution in [3.63, 3.8) is 0 Å². The van der Waals surface area contributed by atoms with Crippen molar-refractivity contribution in [1.29, 1.82) is 0 Å². The van der Waals surface area contributed by atoms with Crippen LogP contribution >= 0.6 is 0 Å². The summed E-state index contributed by atoms with van der Waals surface area (Å²) in [7, 11) is 3.53. The lowest BCUT2D eigenvalue weighted by molar-refractivity contribution is -0.165. The first-order valence-corrected chi connectivity index (χ1v) is 7.83. The van der Waals surface area contributed by atoms with Gasteiger partial charge in [-0.1, -0.05) is 12.1 Å². The number of aliphatic carboxylic acids is 1. The van der Waals surface area contributed by atoms with Gasteiger partial charge in [-0.05, 0) is 44.6 Å². The van der Waals surface area contributed by atoms with Crippen molar-refractivity contribution < 1.29 is 24.2 Å². The van der Waals surface area contributed by atoms with Gasteiger partial charge in [-0.3, -0.25) is 9.59 Å². The van der Waals surface area contributed by atoms with Crippen LogP contribution in [-0.2, 0) is 16.0 Å². The third-order valence-corrected chi connectivity index (χ3v) is 4.45. The van der Waals surface area contributed by atoms with E-state index in [2.05, 4.69) is 0 Å². The molecule has 6 nitrogen and oxygen atoms in total. The molecule has 0 saturated carbocycles. The molecular formula is C17H23FN2O4. The number of amides is 1. The Labute approximate surface area is 140 Å². The molecule has 1 aromatic carbocycles. The summed E-state index contributed by atoms with van der Waals surface area (Å²) in [5.74, 6) is -1.73. The molecule has 0 aliphatic carbocycles. The zero-order valence-electron chi connectivity index (χ0n) is 13.9. The lowest BCUT2D eigenvalue weighted by atomic mass is 9.73. The molecule has 0 bridgehead atoms. The Morgan fingerprint density at radius 1 is 1.33 bits per heavy atom. The summed E-state index contributed by atoms with van der Waals surface area (Å²) in [6.07, 6.45) is -0.828. The van der Waals surface area contributed by atoms with E-state index in [1.165, 1.54) is 29.2 Å². The Bertz CT molecular complexity index is 605. The minimum atomic E-state index is -1.49. The quantitative estimate of drug-likeness (QED) is 0.821. The van der Waals surface area contributed by atoms with Gasteiger partial charge in [-0.25, -0.2) is 4.39 Å². The van der Waals surface area contributed by atoms with Gasteiger partial charge >= 0.3 is 5.97 Å². The van der Waals surface area contributed by atoms with Crippen LogP contribution in [0.15, 0.2) is 24.3 Å². The molecule has 2 N–H and O–H groups in total. The van der Waals surface area contributed by atoms with Crippen molar-refractivity contribution in [2.24, 2.45) is 5.41 Å². The van der Waals surface area contributed by atoms with E-state index in [1.807, 2.05) is 0 Å². The highest BCUT2D eigenvalue weighted by Crippen LogP contribution is 2.35. The van der Waals surface area contributed by atoms with Crippen molar-refractivity contribution in [2.45, 2.75) is 18.9 Å². The number of hydrogen-bond donors (Lipinski definition) is 2. The SMILES string of the molecule is CN(C)CC(=O)N1CC[C@@H](O)[C@](Cc2ccc(F)cc2)(C(=O)O)C1. The van der Waals surface area contributed by atoms with Crippen LogP contribution < -0.4 is 0 Å². The number of carboxylic acids is 1. The average Bonchev–Trinajstić information content (AvgIpc) is 2.50. The maximum absolute atomic E-state index is 13.1. The first kappa shape index (κ1) is 18.4. The number of aliphatic hydroxyl groups excluding tert-OH is 1. The number of likely N-dealkylation sites (tertiary alicyclic amines) is 1. The fourth-order valence-electron chi connectivity index (χ4n) is 3.09. The van der Waals surface area contributed by atoms with Crippen LogP contribution in [0.2, 0.25) is 0 Å². The standard InChI is InChI=1S/C17H23FN2O4/c1-19(2)10-15(22)20-8-7-14(21)17(11-20,16(23)24)9-12-3-5-13(18)6-4-12/h3-6,14,21H,7-11H2,1-2H3,(H,23,24)/t14-,17-/m1/s1. The van der Waals surface area contributed by atoms with Gasteiger partial charge in [0.15, 0.2) is 0 Å². The Hall–Kier alpha value is -1.99. The highest BCUT2D eigenvalue weighted by atomic mass is 19.1. The molecule has 2 rings (SSSR count). The second kappa shape index (κ2) is 7.27. The minimum absolute atomic E-state index is 0.0372. The first-order chi connectivity index (χ1) is 11.2. The molecular weight excluding hydrogens is 315 g/mol. The normalized spacial score (nSPS) is 24.2. The summed E-state index contributed by atoms with van der Waals surface area (Å²) in [4.78, 5) is 27.5. The van der Waals surface area contributed by atoms with E-state index in [1.54, 1.807) is 19.0 Å². The van der Waals surface area contributed by atoms with Crippen LogP contribution in [0.3, 0.4) is 0 Å². The maximum Gasteiger partial charge on any atom is 0.314 e. The molecule has 2 atom stereocenters. The van der Waals surface area contributed by atoms with E-state index in [4.69, 9.17) is 0 Å². The number of hydrogen-bond acceptors (Lipinski definition) is 4. The Morgan fingerprint density at radius 3 is 2.50 bits per heavy atom. The molecule has 24 heavy (non-hydrogen) atoms. The molecule has 1 aliphatic heterocycles. The maximum atomic E-state index is 13.1. The summed E-state index contributed by atoms with van der Waals surface area (Å²) in [5, 5.41) is 20.2. The van der Waals surface area contributed by atoms with Gasteiger partial charge in [0.2, 0.25) is 5.91 Å². The van der Waals surface area contributed by atoms with Crippen LogP contribution in [0.25, 0.3) is 0 Å². The van der Waals surface area contributed by atoms with E-state index in [0.29, 0.717) is 12.1 Å². The van der Waals surface area contributed by atoms with Crippen molar-refractivity contribution in [1.82, 2.24) is 9.80 Å². The van der Waals surface area contributed by atoms with Crippen molar-refractivity contribution in [3.8, 4) is 0 Å². The summed E-state index contributed by atoms with van der Waals surface area (Å²) >= 11 is 0. The van der Waals surface area contributed by atoms with E-state index in [-0.39, 0.29) is 31.8 Å².